The minimum absolute atomic E-state index is 0.0318. The highest BCUT2D eigenvalue weighted by Crippen LogP contribution is 2.43. The first-order valence-corrected chi connectivity index (χ1v) is 22.6. The van der Waals surface area contributed by atoms with Crippen molar-refractivity contribution in [3.63, 3.8) is 0 Å². The average Bonchev–Trinajstić information content (AvgIpc) is 3.17. The van der Waals surface area contributed by atoms with E-state index in [0.717, 1.165) is 70.6 Å². The first-order chi connectivity index (χ1) is 27.2. The van der Waals surface area contributed by atoms with Crippen LogP contribution in [0.2, 0.25) is 0 Å². The maximum Gasteiger partial charge on any atom is 0.472 e. The van der Waals surface area contributed by atoms with Crippen LogP contribution in [-0.4, -0.2) is 60.5 Å². The summed E-state index contributed by atoms with van der Waals surface area (Å²) in [7, 11) is -4.41. The van der Waals surface area contributed by atoms with Gasteiger partial charge in [-0.25, -0.2) is 4.57 Å². The van der Waals surface area contributed by atoms with Gasteiger partial charge in [-0.05, 0) is 89.9 Å². The van der Waals surface area contributed by atoms with Crippen LogP contribution in [0.15, 0.2) is 85.1 Å². The summed E-state index contributed by atoms with van der Waals surface area (Å²) in [6.07, 6.45) is 46.8. The first-order valence-electron chi connectivity index (χ1n) is 21.1. The number of esters is 2. The third-order valence-electron chi connectivity index (χ3n) is 8.31. The lowest BCUT2D eigenvalue weighted by Crippen LogP contribution is -2.29. The second-order valence-corrected chi connectivity index (χ2v) is 15.1. The minimum Gasteiger partial charge on any atom is -0.462 e. The molecule has 0 bridgehead atoms. The number of ether oxygens (including phenoxy) is 2. The molecule has 0 aromatic rings. The zero-order valence-electron chi connectivity index (χ0n) is 34.7. The van der Waals surface area contributed by atoms with Crippen molar-refractivity contribution in [1.29, 1.82) is 0 Å². The van der Waals surface area contributed by atoms with Gasteiger partial charge in [-0.2, -0.15) is 0 Å². The van der Waals surface area contributed by atoms with E-state index in [0.29, 0.717) is 25.7 Å². The predicted molar refractivity (Wildman–Crippen MR) is 230 cm³/mol. The molecular weight excluding hydrogens is 729 g/mol. The molecular formula is C45H76NO9P. The number of nitrogens with two attached hydrogens (primary N) is 1. The van der Waals surface area contributed by atoms with Crippen LogP contribution in [0.4, 0.5) is 0 Å². The van der Waals surface area contributed by atoms with E-state index in [1.807, 2.05) is 12.2 Å². The molecule has 0 aliphatic carbocycles. The van der Waals surface area contributed by atoms with Gasteiger partial charge in [0.15, 0.2) is 6.10 Å². The zero-order valence-corrected chi connectivity index (χ0v) is 35.6. The molecule has 0 aromatic heterocycles. The number of aliphatic hydroxyl groups is 1. The third kappa shape index (κ3) is 39.4. The van der Waals surface area contributed by atoms with E-state index in [1.54, 1.807) is 0 Å². The predicted octanol–water partition coefficient (Wildman–Crippen LogP) is 11.0. The number of rotatable bonds is 38. The molecule has 0 aliphatic rings. The van der Waals surface area contributed by atoms with Crippen LogP contribution in [0.5, 0.6) is 0 Å². The summed E-state index contributed by atoms with van der Waals surface area (Å²) in [5, 5.41) is 9.72. The maximum atomic E-state index is 12.6. The molecule has 11 heteroatoms. The lowest BCUT2D eigenvalue weighted by Gasteiger charge is -2.19. The van der Waals surface area contributed by atoms with Gasteiger partial charge in [-0.3, -0.25) is 18.6 Å². The molecule has 0 fully saturated rings. The Hall–Kier alpha value is -2.85. The molecule has 0 heterocycles. The molecule has 0 aliphatic heterocycles. The second-order valence-electron chi connectivity index (χ2n) is 13.7. The Labute approximate surface area is 339 Å². The second kappa shape index (κ2) is 40.4. The van der Waals surface area contributed by atoms with Crippen molar-refractivity contribution in [3.05, 3.63) is 85.1 Å². The van der Waals surface area contributed by atoms with Crippen molar-refractivity contribution < 1.29 is 42.7 Å². The summed E-state index contributed by atoms with van der Waals surface area (Å²) in [5.74, 6) is -0.949. The molecule has 0 saturated carbocycles. The number of phosphoric acid groups is 1. The van der Waals surface area contributed by atoms with E-state index in [4.69, 9.17) is 24.3 Å². The summed E-state index contributed by atoms with van der Waals surface area (Å²) >= 11 is 0. The molecule has 2 unspecified atom stereocenters. The number of hydrogen-bond acceptors (Lipinski definition) is 9. The fourth-order valence-electron chi connectivity index (χ4n) is 5.18. The van der Waals surface area contributed by atoms with Gasteiger partial charge < -0.3 is 25.2 Å². The zero-order chi connectivity index (χ0) is 41.2. The normalized spacial score (nSPS) is 14.7. The molecule has 0 spiro atoms. The Morgan fingerprint density at radius 3 is 1.66 bits per heavy atom. The van der Waals surface area contributed by atoms with Crippen LogP contribution >= 0.6 is 7.82 Å². The number of carbonyl (C=O) groups excluding carboxylic acids is 2. The van der Waals surface area contributed by atoms with Crippen LogP contribution in [-0.2, 0) is 32.7 Å². The number of hydrogen-bond donors (Lipinski definition) is 3. The maximum absolute atomic E-state index is 12.6. The van der Waals surface area contributed by atoms with Gasteiger partial charge in [0, 0.05) is 19.4 Å². The van der Waals surface area contributed by atoms with Crippen molar-refractivity contribution in [2.45, 2.75) is 161 Å². The fraction of sp³-hybridized carbons (Fsp3) is 0.644. The molecule has 0 rings (SSSR count). The summed E-state index contributed by atoms with van der Waals surface area (Å²) in [4.78, 5) is 34.8. The fourth-order valence-corrected chi connectivity index (χ4v) is 5.94. The number of allylic oxidation sites excluding steroid dienone is 13. The summed E-state index contributed by atoms with van der Waals surface area (Å²) in [5.41, 5.74) is 5.34. The van der Waals surface area contributed by atoms with E-state index in [1.165, 1.54) is 25.7 Å². The van der Waals surface area contributed by atoms with Crippen LogP contribution in [0.1, 0.15) is 149 Å². The van der Waals surface area contributed by atoms with Crippen molar-refractivity contribution >= 4 is 19.8 Å². The van der Waals surface area contributed by atoms with E-state index < -0.39 is 32.5 Å². The van der Waals surface area contributed by atoms with Gasteiger partial charge >= 0.3 is 19.8 Å². The van der Waals surface area contributed by atoms with Crippen molar-refractivity contribution in [1.82, 2.24) is 0 Å². The van der Waals surface area contributed by atoms with Gasteiger partial charge in [0.1, 0.15) is 6.61 Å². The average molecular weight is 806 g/mol. The van der Waals surface area contributed by atoms with Gasteiger partial charge in [-0.15, -0.1) is 0 Å². The molecule has 0 aromatic carbocycles. The number of carbonyl (C=O) groups is 2. The van der Waals surface area contributed by atoms with E-state index in [9.17, 15) is 24.2 Å². The highest BCUT2D eigenvalue weighted by molar-refractivity contribution is 7.47. The van der Waals surface area contributed by atoms with Crippen LogP contribution in [0.25, 0.3) is 0 Å². The van der Waals surface area contributed by atoms with Gasteiger partial charge in [0.2, 0.25) is 0 Å². The monoisotopic (exact) mass is 806 g/mol. The molecule has 3 atom stereocenters. The number of aliphatic hydroxyl groups excluding tert-OH is 1. The molecule has 56 heavy (non-hydrogen) atoms. The van der Waals surface area contributed by atoms with Crippen molar-refractivity contribution in [2.75, 3.05) is 26.4 Å². The highest BCUT2D eigenvalue weighted by atomic mass is 31.2. The van der Waals surface area contributed by atoms with Gasteiger partial charge in [-0.1, -0.05) is 131 Å². The van der Waals surface area contributed by atoms with Crippen LogP contribution in [0, 0.1) is 0 Å². The SMILES string of the molecule is CCCCC/C=C\C/C=C\C/C=C\CCCCCCC(=O)O[C@H](COC(=O)CCC/C=C\C/C=C\C/C=C\C/C=C\CC(O)CCC)COP(=O)(O)OCCN. The standard InChI is InChI=1S/C45H76NO9P/c1-3-5-6-7-8-9-10-11-12-13-14-17-21-24-27-30-33-37-45(49)55-43(41-54-56(50,51)53-39-38-46)40-52-44(48)36-32-29-26-23-20-18-15-16-19-22-25-28-31-35-42(47)34-4-2/h8-9,11-12,14-15,17-19,22-23,26,28,31,42-43,47H,3-7,10,13,16,20-21,24-25,27,29-30,32-41,46H2,1-2H3,(H,50,51)/b9-8-,12-11-,17-14-,18-15-,22-19-,26-23-,31-28-/t42?,43-/m1/s1. The quantitative estimate of drug-likeness (QED) is 0.0238. The molecule has 0 saturated heterocycles. The summed E-state index contributed by atoms with van der Waals surface area (Å²) in [6.45, 7) is 3.38. The molecule has 320 valence electrons. The molecule has 0 amide bonds. The minimum atomic E-state index is -4.41. The molecule has 0 radical (unpaired) electrons. The smallest absolute Gasteiger partial charge is 0.462 e. The summed E-state index contributed by atoms with van der Waals surface area (Å²) in [6, 6.07) is 0. The Bertz CT molecular complexity index is 1210. The van der Waals surface area contributed by atoms with Crippen LogP contribution in [0.3, 0.4) is 0 Å². The third-order valence-corrected chi connectivity index (χ3v) is 9.29. The van der Waals surface area contributed by atoms with Crippen LogP contribution < -0.4 is 5.73 Å². The summed E-state index contributed by atoms with van der Waals surface area (Å²) < 4.78 is 32.6. The Balaban J connectivity index is 4.35. The first kappa shape index (κ1) is 53.1. The Morgan fingerprint density at radius 1 is 0.607 bits per heavy atom. The topological polar surface area (TPSA) is 155 Å². The number of unbranched alkanes of at least 4 members (excludes halogenated alkanes) is 8. The van der Waals surface area contributed by atoms with E-state index in [2.05, 4.69) is 86.8 Å². The van der Waals surface area contributed by atoms with Gasteiger partial charge in [0.25, 0.3) is 0 Å². The van der Waals surface area contributed by atoms with Crippen molar-refractivity contribution in [2.24, 2.45) is 5.73 Å². The Morgan fingerprint density at radius 2 is 1.11 bits per heavy atom. The van der Waals surface area contributed by atoms with Gasteiger partial charge in [0.05, 0.1) is 19.3 Å². The lowest BCUT2D eigenvalue weighted by atomic mass is 10.1. The largest absolute Gasteiger partial charge is 0.472 e. The highest BCUT2D eigenvalue weighted by Gasteiger charge is 2.25. The molecule has 10 nitrogen and oxygen atoms in total. The van der Waals surface area contributed by atoms with E-state index >= 15 is 0 Å². The lowest BCUT2D eigenvalue weighted by molar-refractivity contribution is -0.161. The number of phosphoric ester groups is 1. The van der Waals surface area contributed by atoms with Crippen molar-refractivity contribution in [3.8, 4) is 0 Å². The molecule has 4 N–H and O–H groups in total. The Kier molecular flexibility index (Phi) is 38.3. The van der Waals surface area contributed by atoms with E-state index in [-0.39, 0.29) is 38.7 Å².